The average Bonchev–Trinajstić information content (AvgIpc) is 2.86. The molecule has 0 bridgehead atoms. The van der Waals surface area contributed by atoms with Crippen molar-refractivity contribution in [3.05, 3.63) is 54.4 Å². The summed E-state index contributed by atoms with van der Waals surface area (Å²) in [4.78, 5) is 32.5. The molecule has 8 nitrogen and oxygen atoms in total. The highest BCUT2D eigenvalue weighted by Gasteiger charge is 2.32. The summed E-state index contributed by atoms with van der Waals surface area (Å²) in [5, 5.41) is 3.40. The molecule has 2 aromatic rings. The summed E-state index contributed by atoms with van der Waals surface area (Å²) >= 11 is 0. The van der Waals surface area contributed by atoms with Gasteiger partial charge >= 0.3 is 0 Å². The molecule has 2 rings (SSSR count). The Morgan fingerprint density at radius 2 is 1.77 bits per heavy atom. The van der Waals surface area contributed by atoms with Crippen LogP contribution in [0.15, 0.2) is 48.7 Å². The molecule has 5 N–H and O–H groups in total. The number of carbonyl (C=O) groups excluding carboxylic acids is 2. The number of pyridine rings is 1. The van der Waals surface area contributed by atoms with Crippen molar-refractivity contribution >= 4 is 17.5 Å². The monoisotopic (exact) mass is 483 g/mol. The van der Waals surface area contributed by atoms with Crippen LogP contribution in [0.3, 0.4) is 0 Å². The number of rotatable bonds is 13. The zero-order chi connectivity index (χ0) is 26.0. The number of carbonyl (C=O) groups is 2. The Kier molecular flexibility index (Phi) is 11.1. The maximum Gasteiger partial charge on any atom is 0.246 e. The number of anilines is 1. The summed E-state index contributed by atoms with van der Waals surface area (Å²) in [6.45, 7) is 8.14. The molecule has 4 atom stereocenters. The van der Waals surface area contributed by atoms with Gasteiger partial charge in [0.25, 0.3) is 0 Å². The van der Waals surface area contributed by atoms with E-state index < -0.39 is 11.9 Å². The minimum absolute atomic E-state index is 0.0473. The fraction of sp³-hybridized carbons (Fsp3) is 0.519. The molecule has 192 valence electrons. The lowest BCUT2D eigenvalue weighted by molar-refractivity contribution is -0.147. The predicted octanol–water partition coefficient (Wildman–Crippen LogP) is 3.56. The summed E-state index contributed by atoms with van der Waals surface area (Å²) in [7, 11) is 1.61. The Labute approximate surface area is 209 Å². The van der Waals surface area contributed by atoms with E-state index in [1.54, 1.807) is 25.4 Å². The molecule has 0 spiro atoms. The van der Waals surface area contributed by atoms with E-state index >= 15 is 0 Å². The molecular formula is C27H41N5O3. The minimum atomic E-state index is -0.773. The topological polar surface area (TPSA) is 124 Å². The van der Waals surface area contributed by atoms with E-state index in [-0.39, 0.29) is 36.9 Å². The molecule has 1 heterocycles. The van der Waals surface area contributed by atoms with Gasteiger partial charge in [0.2, 0.25) is 11.8 Å². The lowest BCUT2D eigenvalue weighted by Crippen LogP contribution is -2.51. The number of benzene rings is 1. The predicted molar refractivity (Wildman–Crippen MR) is 140 cm³/mol. The molecule has 0 aliphatic rings. The van der Waals surface area contributed by atoms with Gasteiger partial charge in [0.15, 0.2) is 0 Å². The second-order valence-electron chi connectivity index (χ2n) is 9.53. The molecule has 1 aromatic carbocycles. The third-order valence-electron chi connectivity index (χ3n) is 6.25. The van der Waals surface area contributed by atoms with Crippen LogP contribution in [0.5, 0.6) is 5.75 Å². The number of imide groups is 1. The van der Waals surface area contributed by atoms with E-state index in [2.05, 4.69) is 24.1 Å². The zero-order valence-electron chi connectivity index (χ0n) is 21.6. The molecule has 0 saturated heterocycles. The van der Waals surface area contributed by atoms with Gasteiger partial charge in [0.05, 0.1) is 25.4 Å². The third kappa shape index (κ3) is 8.64. The molecule has 0 aliphatic heterocycles. The van der Waals surface area contributed by atoms with Crippen LogP contribution in [0.2, 0.25) is 0 Å². The van der Waals surface area contributed by atoms with E-state index in [1.807, 2.05) is 44.2 Å². The quantitative estimate of drug-likeness (QED) is 0.398. The van der Waals surface area contributed by atoms with Crippen LogP contribution in [0.25, 0.3) is 0 Å². The molecule has 0 radical (unpaired) electrons. The maximum atomic E-state index is 13.6. The second kappa shape index (κ2) is 13.8. The van der Waals surface area contributed by atoms with Crippen molar-refractivity contribution in [1.29, 1.82) is 0 Å². The lowest BCUT2D eigenvalue weighted by atomic mass is 9.94. The number of methoxy groups -OCH3 is 1. The number of nitrogens with zero attached hydrogens (tertiary/aromatic N) is 2. The van der Waals surface area contributed by atoms with Gasteiger partial charge in [-0.15, -0.1) is 0 Å². The summed E-state index contributed by atoms with van der Waals surface area (Å²) in [6, 6.07) is 11.4. The Morgan fingerprint density at radius 3 is 2.31 bits per heavy atom. The fourth-order valence-corrected chi connectivity index (χ4v) is 3.84. The summed E-state index contributed by atoms with van der Waals surface area (Å²) in [6.07, 6.45) is 3.15. The Hall–Kier alpha value is -2.97. The van der Waals surface area contributed by atoms with Crippen molar-refractivity contribution in [2.75, 3.05) is 12.4 Å². The fourth-order valence-electron chi connectivity index (χ4n) is 3.84. The maximum absolute atomic E-state index is 13.6. The van der Waals surface area contributed by atoms with Crippen LogP contribution in [0.4, 0.5) is 5.69 Å². The van der Waals surface area contributed by atoms with E-state index in [4.69, 9.17) is 16.2 Å². The van der Waals surface area contributed by atoms with Crippen LogP contribution in [0, 0.1) is 11.8 Å². The van der Waals surface area contributed by atoms with Crippen molar-refractivity contribution in [3.8, 4) is 5.75 Å². The number of hydrogen-bond acceptors (Lipinski definition) is 7. The molecule has 35 heavy (non-hydrogen) atoms. The first-order chi connectivity index (χ1) is 16.7. The van der Waals surface area contributed by atoms with E-state index in [1.165, 1.54) is 4.90 Å². The molecule has 1 aromatic heterocycles. The summed E-state index contributed by atoms with van der Waals surface area (Å²) in [5.74, 6) is 0.310. The van der Waals surface area contributed by atoms with Gasteiger partial charge in [-0.2, -0.15) is 0 Å². The molecule has 0 fully saturated rings. The minimum Gasteiger partial charge on any atom is -0.497 e. The molecule has 0 saturated carbocycles. The van der Waals surface area contributed by atoms with Crippen LogP contribution in [0.1, 0.15) is 52.7 Å². The number of nitrogens with one attached hydrogen (secondary N) is 1. The van der Waals surface area contributed by atoms with Gasteiger partial charge in [0.1, 0.15) is 5.75 Å². The number of hydrogen-bond donors (Lipinski definition) is 3. The molecule has 0 aliphatic carbocycles. The smallest absolute Gasteiger partial charge is 0.246 e. The van der Waals surface area contributed by atoms with Gasteiger partial charge in [-0.3, -0.25) is 19.5 Å². The van der Waals surface area contributed by atoms with Crippen LogP contribution >= 0.6 is 0 Å². The standard InChI is InChI=1S/C27H41N5O3/c1-6-19(4)26(29)27(34)32(17-21-9-7-8-14-30-21)25(33)16-24(23(28)15-18(2)3)31-20-10-12-22(35-5)13-11-20/h7-14,18-19,23-24,26,31H,6,15-17,28-29H2,1-5H3/t19-,23-,24-,26-/m0/s1. The van der Waals surface area contributed by atoms with Crippen molar-refractivity contribution in [1.82, 2.24) is 9.88 Å². The normalized spacial score (nSPS) is 14.6. The van der Waals surface area contributed by atoms with Crippen molar-refractivity contribution < 1.29 is 14.3 Å². The third-order valence-corrected chi connectivity index (χ3v) is 6.25. The van der Waals surface area contributed by atoms with Crippen LogP contribution in [-0.2, 0) is 16.1 Å². The van der Waals surface area contributed by atoms with Gasteiger partial charge in [-0.1, -0.05) is 40.2 Å². The lowest BCUT2D eigenvalue weighted by Gasteiger charge is -2.31. The zero-order valence-corrected chi connectivity index (χ0v) is 21.6. The van der Waals surface area contributed by atoms with E-state index in [9.17, 15) is 9.59 Å². The first kappa shape index (κ1) is 28.3. The molecule has 2 amide bonds. The van der Waals surface area contributed by atoms with Gasteiger partial charge in [-0.05, 0) is 54.7 Å². The highest BCUT2D eigenvalue weighted by Crippen LogP contribution is 2.21. The Bertz CT molecular complexity index is 920. The highest BCUT2D eigenvalue weighted by atomic mass is 16.5. The van der Waals surface area contributed by atoms with Crippen molar-refractivity contribution in [2.45, 2.75) is 71.6 Å². The van der Waals surface area contributed by atoms with Crippen molar-refractivity contribution in [3.63, 3.8) is 0 Å². The number of aromatic nitrogens is 1. The van der Waals surface area contributed by atoms with Gasteiger partial charge in [-0.25, -0.2) is 0 Å². The highest BCUT2D eigenvalue weighted by molar-refractivity contribution is 5.98. The van der Waals surface area contributed by atoms with Crippen LogP contribution in [-0.4, -0.2) is 46.9 Å². The van der Waals surface area contributed by atoms with Gasteiger partial charge in [0, 0.05) is 30.4 Å². The van der Waals surface area contributed by atoms with Crippen molar-refractivity contribution in [2.24, 2.45) is 23.3 Å². The molecular weight excluding hydrogens is 442 g/mol. The number of nitrogens with two attached hydrogens (primary N) is 2. The SMILES string of the molecule is CC[C@H](C)[C@H](N)C(=O)N(Cc1ccccn1)C(=O)C[C@H](Nc1ccc(OC)cc1)[C@@H](N)CC(C)C. The second-order valence-corrected chi connectivity index (χ2v) is 9.53. The number of ether oxygens (including phenoxy) is 1. The largest absolute Gasteiger partial charge is 0.497 e. The Balaban J connectivity index is 2.30. The molecule has 0 unspecified atom stereocenters. The van der Waals surface area contributed by atoms with E-state index in [0.717, 1.165) is 24.3 Å². The van der Waals surface area contributed by atoms with E-state index in [0.29, 0.717) is 11.6 Å². The summed E-state index contributed by atoms with van der Waals surface area (Å²) < 4.78 is 5.24. The average molecular weight is 484 g/mol. The van der Waals surface area contributed by atoms with Gasteiger partial charge < -0.3 is 21.5 Å². The number of amides is 2. The molecule has 8 heteroatoms. The van der Waals surface area contributed by atoms with Crippen LogP contribution < -0.4 is 21.5 Å². The Morgan fingerprint density at radius 1 is 1.09 bits per heavy atom. The first-order valence-corrected chi connectivity index (χ1v) is 12.3. The summed E-state index contributed by atoms with van der Waals surface area (Å²) in [5.41, 5.74) is 14.2. The first-order valence-electron chi connectivity index (χ1n) is 12.3.